The standard InChI is InChI=1S/C17H23N5O/c1-13-4-8-21(9-5-13)17(23)20-12-15-3-6-19-16(11-15)22-10-7-18-14(22)2/h3,6-7,10-11,13H,4-5,8-9,12H2,1-2H3,(H,20,23). The molecule has 6 nitrogen and oxygen atoms in total. The van der Waals surface area contributed by atoms with E-state index in [1.165, 1.54) is 0 Å². The number of nitrogens with one attached hydrogen (secondary N) is 1. The van der Waals surface area contributed by atoms with E-state index in [2.05, 4.69) is 22.2 Å². The number of aryl methyl sites for hydroxylation is 1. The summed E-state index contributed by atoms with van der Waals surface area (Å²) in [5.74, 6) is 2.43. The Bertz CT molecular complexity index is 673. The van der Waals surface area contributed by atoms with Gasteiger partial charge in [-0.25, -0.2) is 14.8 Å². The Morgan fingerprint density at radius 2 is 2.09 bits per heavy atom. The van der Waals surface area contributed by atoms with Gasteiger partial charge < -0.3 is 10.2 Å². The quantitative estimate of drug-likeness (QED) is 0.947. The first-order valence-corrected chi connectivity index (χ1v) is 8.11. The summed E-state index contributed by atoms with van der Waals surface area (Å²) < 4.78 is 1.93. The molecule has 0 spiro atoms. The second-order valence-corrected chi connectivity index (χ2v) is 6.20. The lowest BCUT2D eigenvalue weighted by Gasteiger charge is -2.30. The predicted octanol–water partition coefficient (Wildman–Crippen LogP) is 2.52. The molecule has 0 bridgehead atoms. The lowest BCUT2D eigenvalue weighted by Crippen LogP contribution is -2.43. The summed E-state index contributed by atoms with van der Waals surface area (Å²) in [6, 6.07) is 3.93. The molecule has 2 aromatic heterocycles. The molecule has 1 aliphatic heterocycles. The van der Waals surface area contributed by atoms with Crippen molar-refractivity contribution in [2.24, 2.45) is 5.92 Å². The van der Waals surface area contributed by atoms with Crippen molar-refractivity contribution in [3.8, 4) is 5.82 Å². The van der Waals surface area contributed by atoms with Gasteiger partial charge in [-0.15, -0.1) is 0 Å². The van der Waals surface area contributed by atoms with Gasteiger partial charge in [0, 0.05) is 38.2 Å². The predicted molar refractivity (Wildman–Crippen MR) is 88.3 cm³/mol. The van der Waals surface area contributed by atoms with Crippen molar-refractivity contribution in [1.29, 1.82) is 0 Å². The molecule has 1 saturated heterocycles. The van der Waals surface area contributed by atoms with Crippen molar-refractivity contribution >= 4 is 6.03 Å². The molecular weight excluding hydrogens is 290 g/mol. The normalized spacial score (nSPS) is 15.7. The van der Waals surface area contributed by atoms with E-state index in [0.29, 0.717) is 6.54 Å². The van der Waals surface area contributed by atoms with Crippen molar-refractivity contribution in [3.63, 3.8) is 0 Å². The average Bonchev–Trinajstić information content (AvgIpc) is 3.00. The number of hydrogen-bond acceptors (Lipinski definition) is 3. The number of nitrogens with zero attached hydrogens (tertiary/aromatic N) is 4. The van der Waals surface area contributed by atoms with E-state index < -0.39 is 0 Å². The molecule has 1 N–H and O–H groups in total. The molecule has 2 aromatic rings. The average molecular weight is 313 g/mol. The summed E-state index contributed by atoms with van der Waals surface area (Å²) >= 11 is 0. The fraction of sp³-hybridized carbons (Fsp3) is 0.471. The molecule has 3 heterocycles. The molecule has 3 rings (SSSR count). The van der Waals surface area contributed by atoms with Gasteiger partial charge in [-0.05, 0) is 43.4 Å². The summed E-state index contributed by atoms with van der Waals surface area (Å²) in [5, 5.41) is 3.00. The molecule has 1 fully saturated rings. The van der Waals surface area contributed by atoms with Gasteiger partial charge in [-0.2, -0.15) is 0 Å². The van der Waals surface area contributed by atoms with E-state index in [1.807, 2.05) is 34.7 Å². The van der Waals surface area contributed by atoms with E-state index in [4.69, 9.17) is 0 Å². The maximum atomic E-state index is 12.2. The van der Waals surface area contributed by atoms with Crippen LogP contribution in [0.3, 0.4) is 0 Å². The molecule has 0 aromatic carbocycles. The number of pyridine rings is 1. The smallest absolute Gasteiger partial charge is 0.317 e. The van der Waals surface area contributed by atoms with Crippen LogP contribution < -0.4 is 5.32 Å². The van der Waals surface area contributed by atoms with E-state index in [0.717, 1.165) is 49.1 Å². The third kappa shape index (κ3) is 3.70. The molecule has 2 amide bonds. The SMILES string of the molecule is Cc1nccn1-c1cc(CNC(=O)N2CCC(C)CC2)ccn1. The molecule has 1 aliphatic rings. The van der Waals surface area contributed by atoms with Gasteiger partial charge in [0.05, 0.1) is 0 Å². The monoisotopic (exact) mass is 313 g/mol. The Morgan fingerprint density at radius 3 is 2.78 bits per heavy atom. The highest BCUT2D eigenvalue weighted by Crippen LogP contribution is 2.16. The molecular formula is C17H23N5O. The van der Waals surface area contributed by atoms with Crippen LogP contribution in [-0.2, 0) is 6.54 Å². The lowest BCUT2D eigenvalue weighted by atomic mass is 10.00. The second kappa shape index (κ2) is 6.81. The Labute approximate surface area is 136 Å². The van der Waals surface area contributed by atoms with E-state index >= 15 is 0 Å². The summed E-state index contributed by atoms with van der Waals surface area (Å²) in [7, 11) is 0. The molecule has 23 heavy (non-hydrogen) atoms. The zero-order valence-corrected chi connectivity index (χ0v) is 13.7. The highest BCUT2D eigenvalue weighted by Gasteiger charge is 2.19. The molecule has 0 aliphatic carbocycles. The number of amides is 2. The first kappa shape index (κ1) is 15.5. The number of carbonyl (C=O) groups excluding carboxylic acids is 1. The number of urea groups is 1. The number of imidazole rings is 1. The summed E-state index contributed by atoms with van der Waals surface area (Å²) in [5.41, 5.74) is 1.03. The van der Waals surface area contributed by atoms with Gasteiger partial charge >= 0.3 is 6.03 Å². The number of aromatic nitrogens is 3. The Balaban J connectivity index is 1.60. The van der Waals surface area contributed by atoms with Crippen LogP contribution in [0.25, 0.3) is 5.82 Å². The summed E-state index contributed by atoms with van der Waals surface area (Å²) in [6.07, 6.45) is 7.58. The van der Waals surface area contributed by atoms with Gasteiger partial charge in [0.1, 0.15) is 11.6 Å². The van der Waals surface area contributed by atoms with Gasteiger partial charge in [0.25, 0.3) is 0 Å². The number of rotatable bonds is 3. The molecule has 6 heteroatoms. The zero-order chi connectivity index (χ0) is 16.2. The van der Waals surface area contributed by atoms with Crippen LogP contribution in [0.15, 0.2) is 30.7 Å². The largest absolute Gasteiger partial charge is 0.334 e. The Morgan fingerprint density at radius 1 is 1.30 bits per heavy atom. The zero-order valence-electron chi connectivity index (χ0n) is 13.7. The number of carbonyl (C=O) groups is 1. The summed E-state index contributed by atoms with van der Waals surface area (Å²) in [6.45, 7) is 6.39. The third-order valence-electron chi connectivity index (χ3n) is 4.40. The maximum Gasteiger partial charge on any atom is 0.317 e. The van der Waals surface area contributed by atoms with Crippen molar-refractivity contribution in [1.82, 2.24) is 24.8 Å². The van der Waals surface area contributed by atoms with Crippen LogP contribution in [0, 0.1) is 12.8 Å². The van der Waals surface area contributed by atoms with Crippen LogP contribution in [0.2, 0.25) is 0 Å². The van der Waals surface area contributed by atoms with Crippen molar-refractivity contribution in [2.45, 2.75) is 33.2 Å². The van der Waals surface area contributed by atoms with Gasteiger partial charge in [0.15, 0.2) is 0 Å². The highest BCUT2D eigenvalue weighted by atomic mass is 16.2. The first-order chi connectivity index (χ1) is 11.1. The molecule has 0 unspecified atom stereocenters. The van der Waals surface area contributed by atoms with E-state index in [9.17, 15) is 4.79 Å². The van der Waals surface area contributed by atoms with Crippen molar-refractivity contribution < 1.29 is 4.79 Å². The highest BCUT2D eigenvalue weighted by molar-refractivity contribution is 5.74. The molecule has 122 valence electrons. The van der Waals surface area contributed by atoms with E-state index in [1.54, 1.807) is 12.4 Å². The number of likely N-dealkylation sites (tertiary alicyclic amines) is 1. The van der Waals surface area contributed by atoms with Crippen LogP contribution in [-0.4, -0.2) is 38.6 Å². The first-order valence-electron chi connectivity index (χ1n) is 8.11. The van der Waals surface area contributed by atoms with Crippen molar-refractivity contribution in [2.75, 3.05) is 13.1 Å². The second-order valence-electron chi connectivity index (χ2n) is 6.20. The molecule has 0 atom stereocenters. The Kier molecular flexibility index (Phi) is 4.60. The van der Waals surface area contributed by atoms with Gasteiger partial charge in [-0.1, -0.05) is 6.92 Å². The van der Waals surface area contributed by atoms with Gasteiger partial charge in [-0.3, -0.25) is 4.57 Å². The third-order valence-corrected chi connectivity index (χ3v) is 4.40. The van der Waals surface area contributed by atoms with Crippen LogP contribution in [0.1, 0.15) is 31.2 Å². The number of piperidine rings is 1. The Hall–Kier alpha value is -2.37. The molecule has 0 saturated carbocycles. The van der Waals surface area contributed by atoms with Gasteiger partial charge in [0.2, 0.25) is 0 Å². The number of hydrogen-bond donors (Lipinski definition) is 1. The fourth-order valence-corrected chi connectivity index (χ4v) is 2.82. The minimum absolute atomic E-state index is 0.0223. The van der Waals surface area contributed by atoms with Crippen LogP contribution >= 0.6 is 0 Å². The van der Waals surface area contributed by atoms with Crippen LogP contribution in [0.4, 0.5) is 4.79 Å². The van der Waals surface area contributed by atoms with Crippen molar-refractivity contribution in [3.05, 3.63) is 42.1 Å². The summed E-state index contributed by atoms with van der Waals surface area (Å²) in [4.78, 5) is 22.7. The van der Waals surface area contributed by atoms with Crippen LogP contribution in [0.5, 0.6) is 0 Å². The lowest BCUT2D eigenvalue weighted by molar-refractivity contribution is 0.173. The maximum absolute atomic E-state index is 12.2. The minimum atomic E-state index is 0.0223. The van der Waals surface area contributed by atoms with E-state index in [-0.39, 0.29) is 6.03 Å². The topological polar surface area (TPSA) is 63.1 Å². The molecule has 0 radical (unpaired) electrons. The fourth-order valence-electron chi connectivity index (χ4n) is 2.82. The minimum Gasteiger partial charge on any atom is -0.334 e.